The summed E-state index contributed by atoms with van der Waals surface area (Å²) in [7, 11) is 0. The number of aromatic nitrogens is 4. The van der Waals surface area contributed by atoms with E-state index in [-0.39, 0.29) is 6.61 Å². The summed E-state index contributed by atoms with van der Waals surface area (Å²) in [4.78, 5) is 14.8. The largest absolute Gasteiger partial charge is 0.394 e. The Hall–Kier alpha value is -1.81. The first-order valence-electron chi connectivity index (χ1n) is 5.74. The Balaban J connectivity index is 1.84. The molecule has 2 aromatic rings. The summed E-state index contributed by atoms with van der Waals surface area (Å²) >= 11 is 0. The number of nitrogens with one attached hydrogen (secondary N) is 2. The van der Waals surface area contributed by atoms with E-state index in [9.17, 15) is 10.2 Å². The Bertz CT molecular complexity index is 576. The molecule has 0 saturated carbocycles. The van der Waals surface area contributed by atoms with Gasteiger partial charge in [-0.2, -0.15) is 0 Å². The first-order valence-corrected chi connectivity index (χ1v) is 5.74. The number of ether oxygens (including phenoxy) is 1. The van der Waals surface area contributed by atoms with E-state index in [0.717, 1.165) is 0 Å². The van der Waals surface area contributed by atoms with Crippen molar-refractivity contribution in [3.05, 3.63) is 12.7 Å². The fourth-order valence-corrected chi connectivity index (χ4v) is 2.03. The van der Waals surface area contributed by atoms with Crippen LogP contribution in [-0.4, -0.2) is 66.4 Å². The fraction of sp³-hybridized carbons (Fsp3) is 0.500. The third-order valence-electron chi connectivity index (χ3n) is 3.04. The number of rotatable bonds is 3. The highest BCUT2D eigenvalue weighted by molar-refractivity contribution is 5.82. The number of aliphatic hydroxyl groups excluding tert-OH is 3. The number of fused-ring (bicyclic) bond motifs is 1. The first-order chi connectivity index (χ1) is 9.20. The van der Waals surface area contributed by atoms with E-state index in [4.69, 9.17) is 9.84 Å². The standard InChI is InChI=1S/C10H13N5O4/c16-1-4-6(17)7(18)10(19-4)15-9-5-8(12-2-11-5)13-3-14-9/h2-4,6-7,10,16-18H,1H2,(H2,11,12,13,14,15)/t4-,6-,7+,10+/m1/s1. The smallest absolute Gasteiger partial charge is 0.182 e. The van der Waals surface area contributed by atoms with Crippen LogP contribution in [0.1, 0.15) is 0 Å². The highest BCUT2D eigenvalue weighted by Crippen LogP contribution is 2.24. The van der Waals surface area contributed by atoms with Crippen molar-refractivity contribution in [2.24, 2.45) is 0 Å². The van der Waals surface area contributed by atoms with E-state index in [2.05, 4.69) is 25.3 Å². The van der Waals surface area contributed by atoms with Crippen LogP contribution in [0.5, 0.6) is 0 Å². The number of imidazole rings is 1. The molecule has 0 radical (unpaired) electrons. The third kappa shape index (κ3) is 2.02. The van der Waals surface area contributed by atoms with E-state index in [0.29, 0.717) is 17.0 Å². The van der Waals surface area contributed by atoms with E-state index in [1.807, 2.05) is 0 Å². The highest BCUT2D eigenvalue weighted by Gasteiger charge is 2.42. The van der Waals surface area contributed by atoms with Crippen molar-refractivity contribution in [2.45, 2.75) is 24.5 Å². The molecule has 0 bridgehead atoms. The molecule has 9 heteroatoms. The zero-order valence-corrected chi connectivity index (χ0v) is 9.76. The first kappa shape index (κ1) is 12.2. The van der Waals surface area contributed by atoms with Crippen molar-refractivity contribution in [1.29, 1.82) is 0 Å². The SMILES string of the molecule is OC[C@H]1O[C@H](Nc2ncnc3nc[nH]c23)[C@@H](O)[C@@H]1O. The monoisotopic (exact) mass is 267 g/mol. The van der Waals surface area contributed by atoms with Gasteiger partial charge in [-0.25, -0.2) is 15.0 Å². The van der Waals surface area contributed by atoms with Crippen LogP contribution >= 0.6 is 0 Å². The van der Waals surface area contributed by atoms with Crippen molar-refractivity contribution in [3.63, 3.8) is 0 Å². The number of H-pyrrole nitrogens is 1. The molecule has 19 heavy (non-hydrogen) atoms. The van der Waals surface area contributed by atoms with Gasteiger partial charge in [0.2, 0.25) is 0 Å². The van der Waals surface area contributed by atoms with E-state index in [1.165, 1.54) is 12.7 Å². The number of hydrogen-bond donors (Lipinski definition) is 5. The molecule has 1 aliphatic heterocycles. The molecule has 5 N–H and O–H groups in total. The van der Waals surface area contributed by atoms with E-state index < -0.39 is 24.5 Å². The van der Waals surface area contributed by atoms with Crippen molar-refractivity contribution in [1.82, 2.24) is 19.9 Å². The Morgan fingerprint density at radius 1 is 1.26 bits per heavy atom. The van der Waals surface area contributed by atoms with Crippen LogP contribution in [-0.2, 0) is 4.74 Å². The van der Waals surface area contributed by atoms with Gasteiger partial charge in [-0.3, -0.25) is 0 Å². The van der Waals surface area contributed by atoms with Gasteiger partial charge in [-0.15, -0.1) is 0 Å². The lowest BCUT2D eigenvalue weighted by Gasteiger charge is -2.16. The second-order valence-corrected chi connectivity index (χ2v) is 4.23. The van der Waals surface area contributed by atoms with Gasteiger partial charge in [0.25, 0.3) is 0 Å². The average molecular weight is 267 g/mol. The lowest BCUT2D eigenvalue weighted by atomic mass is 10.1. The Morgan fingerprint density at radius 2 is 2.11 bits per heavy atom. The lowest BCUT2D eigenvalue weighted by molar-refractivity contribution is -0.0153. The molecule has 1 saturated heterocycles. The molecule has 4 atom stereocenters. The highest BCUT2D eigenvalue weighted by atomic mass is 16.6. The second-order valence-electron chi connectivity index (χ2n) is 4.23. The lowest BCUT2D eigenvalue weighted by Crippen LogP contribution is -2.36. The van der Waals surface area contributed by atoms with Crippen LogP contribution in [0.2, 0.25) is 0 Å². The molecule has 0 unspecified atom stereocenters. The summed E-state index contributed by atoms with van der Waals surface area (Å²) in [5.74, 6) is 0.400. The maximum atomic E-state index is 9.83. The molecule has 0 aromatic carbocycles. The fourth-order valence-electron chi connectivity index (χ4n) is 2.03. The average Bonchev–Trinajstić information content (AvgIpc) is 2.99. The minimum atomic E-state index is -1.16. The molecular formula is C10H13N5O4. The Kier molecular flexibility index (Phi) is 3.03. The zero-order chi connectivity index (χ0) is 13.4. The number of nitrogens with zero attached hydrogens (tertiary/aromatic N) is 3. The van der Waals surface area contributed by atoms with Gasteiger partial charge < -0.3 is 30.4 Å². The molecule has 9 nitrogen and oxygen atoms in total. The van der Waals surface area contributed by atoms with Crippen LogP contribution in [0.25, 0.3) is 11.2 Å². The van der Waals surface area contributed by atoms with Gasteiger partial charge in [-0.05, 0) is 0 Å². The van der Waals surface area contributed by atoms with Crippen LogP contribution in [0.15, 0.2) is 12.7 Å². The summed E-state index contributed by atoms with van der Waals surface area (Å²) in [5, 5.41) is 31.3. The molecule has 0 spiro atoms. The molecule has 3 heterocycles. The van der Waals surface area contributed by atoms with Crippen molar-refractivity contribution in [3.8, 4) is 0 Å². The Labute approximate surface area is 107 Å². The number of aromatic amines is 1. The minimum absolute atomic E-state index is 0.375. The van der Waals surface area contributed by atoms with Gasteiger partial charge in [0.1, 0.15) is 30.2 Å². The Morgan fingerprint density at radius 3 is 2.84 bits per heavy atom. The molecule has 1 aliphatic rings. The second kappa shape index (κ2) is 4.70. The minimum Gasteiger partial charge on any atom is -0.394 e. The van der Waals surface area contributed by atoms with Crippen LogP contribution in [0, 0.1) is 0 Å². The van der Waals surface area contributed by atoms with Gasteiger partial charge in [-0.1, -0.05) is 0 Å². The summed E-state index contributed by atoms with van der Waals surface area (Å²) in [6, 6.07) is 0. The predicted octanol–water partition coefficient (Wildman–Crippen LogP) is -1.80. The van der Waals surface area contributed by atoms with Crippen LogP contribution < -0.4 is 5.32 Å². The predicted molar refractivity (Wildman–Crippen MR) is 63.1 cm³/mol. The van der Waals surface area contributed by atoms with Crippen molar-refractivity contribution >= 4 is 17.0 Å². The zero-order valence-electron chi connectivity index (χ0n) is 9.76. The van der Waals surface area contributed by atoms with E-state index in [1.54, 1.807) is 0 Å². The summed E-state index contributed by atoms with van der Waals surface area (Å²) < 4.78 is 5.31. The van der Waals surface area contributed by atoms with Crippen molar-refractivity contribution < 1.29 is 20.1 Å². The molecule has 3 rings (SSSR count). The molecule has 2 aromatic heterocycles. The summed E-state index contributed by atoms with van der Waals surface area (Å²) in [6.07, 6.45) is -1.21. The van der Waals surface area contributed by atoms with Crippen LogP contribution in [0.4, 0.5) is 5.82 Å². The third-order valence-corrected chi connectivity index (χ3v) is 3.04. The molecule has 0 aliphatic carbocycles. The normalized spacial score (nSPS) is 30.9. The van der Waals surface area contributed by atoms with Crippen LogP contribution in [0.3, 0.4) is 0 Å². The quantitative estimate of drug-likeness (QED) is 0.439. The maximum absolute atomic E-state index is 9.83. The van der Waals surface area contributed by atoms with Gasteiger partial charge in [0, 0.05) is 0 Å². The van der Waals surface area contributed by atoms with E-state index >= 15 is 0 Å². The molecule has 1 fully saturated rings. The van der Waals surface area contributed by atoms with Gasteiger partial charge >= 0.3 is 0 Å². The summed E-state index contributed by atoms with van der Waals surface area (Å²) in [5.41, 5.74) is 1.05. The topological polar surface area (TPSA) is 136 Å². The number of anilines is 1. The molecule has 102 valence electrons. The van der Waals surface area contributed by atoms with Crippen molar-refractivity contribution in [2.75, 3.05) is 11.9 Å². The molecular weight excluding hydrogens is 254 g/mol. The maximum Gasteiger partial charge on any atom is 0.182 e. The number of aliphatic hydroxyl groups is 3. The van der Waals surface area contributed by atoms with Gasteiger partial charge in [0.05, 0.1) is 12.9 Å². The number of hydrogen-bond acceptors (Lipinski definition) is 8. The van der Waals surface area contributed by atoms with Gasteiger partial charge in [0.15, 0.2) is 17.7 Å². The summed E-state index contributed by atoms with van der Waals surface area (Å²) in [6.45, 7) is -0.375. The molecule has 0 amide bonds.